The smallest absolute Gasteiger partial charge is 0.146 e. The first kappa shape index (κ1) is 10.8. The summed E-state index contributed by atoms with van der Waals surface area (Å²) in [6.07, 6.45) is 5.22. The van der Waals surface area contributed by atoms with E-state index >= 15 is 0 Å². The molecule has 0 amide bonds. The van der Waals surface area contributed by atoms with Gasteiger partial charge in [0.1, 0.15) is 17.2 Å². The Labute approximate surface area is 104 Å². The number of nitrogens with one attached hydrogen (secondary N) is 1. The molecule has 0 fully saturated rings. The number of imidazole rings is 1. The molecular weight excluding hydrogens is 228 g/mol. The van der Waals surface area contributed by atoms with Gasteiger partial charge in [-0.3, -0.25) is 10.1 Å². The Balaban J connectivity index is 2.35. The van der Waals surface area contributed by atoms with Crippen LogP contribution in [0, 0.1) is 0 Å². The zero-order valence-corrected chi connectivity index (χ0v) is 10.3. The topological polar surface area (TPSA) is 85.4 Å². The van der Waals surface area contributed by atoms with E-state index in [0.717, 1.165) is 22.4 Å². The molecular formula is C12H14N6. The average molecular weight is 242 g/mol. The Bertz CT molecular complexity index is 693. The van der Waals surface area contributed by atoms with E-state index in [1.807, 2.05) is 6.07 Å². The number of nitrogen functional groups attached to an aromatic ring is 1. The molecule has 92 valence electrons. The van der Waals surface area contributed by atoms with E-state index in [9.17, 15) is 0 Å². The maximum atomic E-state index is 5.88. The van der Waals surface area contributed by atoms with Gasteiger partial charge in [0.15, 0.2) is 0 Å². The van der Waals surface area contributed by atoms with E-state index in [2.05, 4.69) is 38.6 Å². The van der Waals surface area contributed by atoms with Crippen LogP contribution in [0.1, 0.15) is 19.9 Å². The van der Waals surface area contributed by atoms with Crippen LogP contribution in [-0.4, -0.2) is 24.7 Å². The van der Waals surface area contributed by atoms with Crippen LogP contribution in [0.3, 0.4) is 0 Å². The van der Waals surface area contributed by atoms with Crippen molar-refractivity contribution in [1.29, 1.82) is 0 Å². The zero-order chi connectivity index (χ0) is 12.7. The van der Waals surface area contributed by atoms with Gasteiger partial charge >= 0.3 is 0 Å². The van der Waals surface area contributed by atoms with Crippen LogP contribution < -0.4 is 5.73 Å². The highest BCUT2D eigenvalue weighted by Gasteiger charge is 2.17. The SMILES string of the molecule is CC(C)n1c(-c2cn[nH]c2N)nc2cnccc21. The molecule has 0 bridgehead atoms. The van der Waals surface area contributed by atoms with Crippen LogP contribution in [0.15, 0.2) is 24.7 Å². The van der Waals surface area contributed by atoms with Gasteiger partial charge in [-0.2, -0.15) is 5.10 Å². The lowest BCUT2D eigenvalue weighted by atomic mass is 10.2. The van der Waals surface area contributed by atoms with Crippen molar-refractivity contribution in [3.8, 4) is 11.4 Å². The van der Waals surface area contributed by atoms with Crippen molar-refractivity contribution in [2.45, 2.75) is 19.9 Å². The highest BCUT2D eigenvalue weighted by Crippen LogP contribution is 2.29. The Morgan fingerprint density at radius 1 is 1.33 bits per heavy atom. The number of pyridine rings is 1. The molecule has 0 aliphatic carbocycles. The van der Waals surface area contributed by atoms with Gasteiger partial charge in [0.25, 0.3) is 0 Å². The first-order chi connectivity index (χ1) is 8.68. The molecule has 0 aliphatic rings. The normalized spacial score (nSPS) is 11.5. The molecule has 0 saturated carbocycles. The number of aromatic amines is 1. The third kappa shape index (κ3) is 1.46. The van der Waals surface area contributed by atoms with Crippen molar-refractivity contribution in [3.63, 3.8) is 0 Å². The average Bonchev–Trinajstić information content (AvgIpc) is 2.91. The molecule has 6 heteroatoms. The Morgan fingerprint density at radius 3 is 2.83 bits per heavy atom. The van der Waals surface area contributed by atoms with E-state index in [1.165, 1.54) is 0 Å². The standard InChI is InChI=1S/C12H14N6/c1-7(2)18-10-3-4-14-6-9(10)16-12(18)8-5-15-17-11(8)13/h3-7H,1-2H3,(H3,13,15,17). The summed E-state index contributed by atoms with van der Waals surface area (Å²) in [4.78, 5) is 8.70. The number of rotatable bonds is 2. The van der Waals surface area contributed by atoms with Crippen molar-refractivity contribution in [3.05, 3.63) is 24.7 Å². The maximum absolute atomic E-state index is 5.88. The summed E-state index contributed by atoms with van der Waals surface area (Å²) in [6, 6.07) is 2.24. The van der Waals surface area contributed by atoms with Crippen LogP contribution in [0.25, 0.3) is 22.4 Å². The summed E-state index contributed by atoms with van der Waals surface area (Å²) < 4.78 is 2.14. The summed E-state index contributed by atoms with van der Waals surface area (Å²) in [5.41, 5.74) is 8.61. The first-order valence-corrected chi connectivity index (χ1v) is 5.79. The minimum absolute atomic E-state index is 0.279. The van der Waals surface area contributed by atoms with Crippen molar-refractivity contribution in [1.82, 2.24) is 24.7 Å². The molecule has 0 spiro atoms. The quantitative estimate of drug-likeness (QED) is 0.719. The van der Waals surface area contributed by atoms with Gasteiger partial charge in [0.05, 0.1) is 23.5 Å². The van der Waals surface area contributed by atoms with Crippen LogP contribution in [0.4, 0.5) is 5.82 Å². The van der Waals surface area contributed by atoms with Crippen LogP contribution in [0.2, 0.25) is 0 Å². The summed E-state index contributed by atoms with van der Waals surface area (Å²) in [5.74, 6) is 1.35. The molecule has 18 heavy (non-hydrogen) atoms. The van der Waals surface area contributed by atoms with Gasteiger partial charge in [0.2, 0.25) is 0 Å². The van der Waals surface area contributed by atoms with Gasteiger partial charge in [-0.1, -0.05) is 0 Å². The molecule has 3 aromatic heterocycles. The lowest BCUT2D eigenvalue weighted by Gasteiger charge is -2.12. The summed E-state index contributed by atoms with van der Waals surface area (Å²) in [7, 11) is 0. The first-order valence-electron chi connectivity index (χ1n) is 5.79. The van der Waals surface area contributed by atoms with E-state index in [4.69, 9.17) is 5.73 Å². The Morgan fingerprint density at radius 2 is 2.17 bits per heavy atom. The second-order valence-electron chi connectivity index (χ2n) is 4.46. The van der Waals surface area contributed by atoms with E-state index < -0.39 is 0 Å². The van der Waals surface area contributed by atoms with E-state index in [-0.39, 0.29) is 6.04 Å². The number of H-pyrrole nitrogens is 1. The fourth-order valence-electron chi connectivity index (χ4n) is 2.14. The molecule has 0 unspecified atom stereocenters. The van der Waals surface area contributed by atoms with Crippen molar-refractivity contribution < 1.29 is 0 Å². The third-order valence-electron chi connectivity index (χ3n) is 2.92. The van der Waals surface area contributed by atoms with Crippen LogP contribution >= 0.6 is 0 Å². The molecule has 3 heterocycles. The van der Waals surface area contributed by atoms with Crippen LogP contribution in [0.5, 0.6) is 0 Å². The predicted octanol–water partition coefficient (Wildman–Crippen LogP) is 1.98. The molecule has 0 aromatic carbocycles. The predicted molar refractivity (Wildman–Crippen MR) is 69.9 cm³/mol. The van der Waals surface area contributed by atoms with Gasteiger partial charge in [0, 0.05) is 12.2 Å². The number of fused-ring (bicyclic) bond motifs is 1. The lowest BCUT2D eigenvalue weighted by Crippen LogP contribution is -2.03. The minimum Gasteiger partial charge on any atom is -0.383 e. The number of hydrogen-bond donors (Lipinski definition) is 2. The molecule has 0 aliphatic heterocycles. The fraction of sp³-hybridized carbons (Fsp3) is 0.250. The summed E-state index contributed by atoms with van der Waals surface area (Å²) in [5, 5.41) is 6.69. The lowest BCUT2D eigenvalue weighted by molar-refractivity contribution is 0.624. The van der Waals surface area contributed by atoms with Gasteiger partial charge in [-0.25, -0.2) is 4.98 Å². The number of anilines is 1. The van der Waals surface area contributed by atoms with Crippen molar-refractivity contribution >= 4 is 16.9 Å². The van der Waals surface area contributed by atoms with Gasteiger partial charge in [-0.15, -0.1) is 0 Å². The minimum atomic E-state index is 0.279. The van der Waals surface area contributed by atoms with Crippen molar-refractivity contribution in [2.24, 2.45) is 0 Å². The molecule has 0 atom stereocenters. The molecule has 3 aromatic rings. The molecule has 0 saturated heterocycles. The largest absolute Gasteiger partial charge is 0.383 e. The summed E-state index contributed by atoms with van der Waals surface area (Å²) >= 11 is 0. The Kier molecular flexibility index (Phi) is 2.29. The fourth-order valence-corrected chi connectivity index (χ4v) is 2.14. The molecule has 3 rings (SSSR count). The zero-order valence-electron chi connectivity index (χ0n) is 10.3. The number of hydrogen-bond acceptors (Lipinski definition) is 4. The number of aromatic nitrogens is 5. The number of nitrogens with two attached hydrogens (primary N) is 1. The summed E-state index contributed by atoms with van der Waals surface area (Å²) in [6.45, 7) is 4.22. The van der Waals surface area contributed by atoms with Gasteiger partial charge in [-0.05, 0) is 19.9 Å². The van der Waals surface area contributed by atoms with Crippen molar-refractivity contribution in [2.75, 3.05) is 5.73 Å². The number of nitrogens with zero attached hydrogens (tertiary/aromatic N) is 4. The molecule has 3 N–H and O–H groups in total. The second kappa shape index (κ2) is 3.83. The second-order valence-corrected chi connectivity index (χ2v) is 4.46. The van der Waals surface area contributed by atoms with Gasteiger partial charge < -0.3 is 10.3 Å². The monoisotopic (exact) mass is 242 g/mol. The van der Waals surface area contributed by atoms with E-state index in [0.29, 0.717) is 5.82 Å². The highest BCUT2D eigenvalue weighted by molar-refractivity contribution is 5.82. The van der Waals surface area contributed by atoms with Crippen LogP contribution in [-0.2, 0) is 0 Å². The van der Waals surface area contributed by atoms with E-state index in [1.54, 1.807) is 18.6 Å². The third-order valence-corrected chi connectivity index (χ3v) is 2.92. The Hall–Kier alpha value is -2.37. The highest BCUT2D eigenvalue weighted by atomic mass is 15.2. The maximum Gasteiger partial charge on any atom is 0.146 e. The molecule has 6 nitrogen and oxygen atoms in total. The molecule has 0 radical (unpaired) electrons.